The van der Waals surface area contributed by atoms with Crippen molar-refractivity contribution in [1.29, 1.82) is 0 Å². The van der Waals surface area contributed by atoms with Crippen molar-refractivity contribution in [1.82, 2.24) is 9.62 Å². The van der Waals surface area contributed by atoms with Gasteiger partial charge in [-0.3, -0.25) is 0 Å². The third-order valence-electron chi connectivity index (χ3n) is 4.92. The van der Waals surface area contributed by atoms with Crippen LogP contribution in [0.1, 0.15) is 12.0 Å². The molecule has 8 heteroatoms. The first-order chi connectivity index (χ1) is 13.5. The number of sulfonamides is 1. The first-order valence-electron chi connectivity index (χ1n) is 9.30. The Balaban J connectivity index is 1.40. The minimum atomic E-state index is -3.64. The predicted molar refractivity (Wildman–Crippen MR) is 104 cm³/mol. The highest BCUT2D eigenvalue weighted by molar-refractivity contribution is 7.89. The molecule has 0 spiro atoms. The largest absolute Gasteiger partial charge is 0.493 e. The lowest BCUT2D eigenvalue weighted by atomic mass is 10.0. The number of carbonyl (C=O) groups is 1. The van der Waals surface area contributed by atoms with Crippen molar-refractivity contribution in [3.63, 3.8) is 0 Å². The average Bonchev–Trinajstić information content (AvgIpc) is 3.17. The van der Waals surface area contributed by atoms with E-state index in [1.54, 1.807) is 24.3 Å². The van der Waals surface area contributed by atoms with Crippen molar-refractivity contribution in [3.05, 3.63) is 48.0 Å². The van der Waals surface area contributed by atoms with Gasteiger partial charge in [0.1, 0.15) is 5.75 Å². The molecule has 1 amide bonds. The highest BCUT2D eigenvalue weighted by atomic mass is 32.2. The number of cyclic esters (lactones) is 1. The van der Waals surface area contributed by atoms with Crippen LogP contribution in [-0.2, 0) is 21.2 Å². The molecule has 1 fully saturated rings. The summed E-state index contributed by atoms with van der Waals surface area (Å²) in [5.74, 6) is 0.921. The Kier molecular flexibility index (Phi) is 5.23. The average molecular weight is 402 g/mol. The van der Waals surface area contributed by atoms with Crippen LogP contribution in [0.4, 0.5) is 4.79 Å². The number of ether oxygens (including phenoxy) is 2. The first kappa shape index (κ1) is 18.8. The highest BCUT2D eigenvalue weighted by Crippen LogP contribution is 2.30. The van der Waals surface area contributed by atoms with Crippen LogP contribution in [0.3, 0.4) is 0 Å². The number of fused-ring (bicyclic) bond motifs is 1. The van der Waals surface area contributed by atoms with Crippen molar-refractivity contribution in [3.8, 4) is 16.9 Å². The SMILES string of the molecule is O=C1OCCCN1CCNS(=O)(=O)c1ccc(-c2ccc3c(c2)CCO3)cc1. The normalized spacial score (nSPS) is 16.4. The minimum absolute atomic E-state index is 0.143. The van der Waals surface area contributed by atoms with Gasteiger partial charge in [0, 0.05) is 26.1 Å². The van der Waals surface area contributed by atoms with E-state index in [-0.39, 0.29) is 18.0 Å². The Morgan fingerprint density at radius 1 is 1.00 bits per heavy atom. The standard InChI is InChI=1S/C20H22N2O5S/c23-20-22(10-1-12-27-20)11-9-21-28(24,25)18-5-2-15(3-6-18)16-4-7-19-17(14-16)8-13-26-19/h2-7,14,21H,1,8-13H2. The first-order valence-corrected chi connectivity index (χ1v) is 10.8. The van der Waals surface area contributed by atoms with Gasteiger partial charge in [-0.05, 0) is 47.4 Å². The molecular weight excluding hydrogens is 380 g/mol. The molecule has 2 aliphatic heterocycles. The van der Waals surface area contributed by atoms with Gasteiger partial charge in [-0.25, -0.2) is 17.9 Å². The number of nitrogens with one attached hydrogen (secondary N) is 1. The quantitative estimate of drug-likeness (QED) is 0.802. The van der Waals surface area contributed by atoms with Crippen LogP contribution in [0.15, 0.2) is 47.4 Å². The van der Waals surface area contributed by atoms with E-state index in [2.05, 4.69) is 10.8 Å². The van der Waals surface area contributed by atoms with Gasteiger partial charge in [-0.2, -0.15) is 0 Å². The van der Waals surface area contributed by atoms with Gasteiger partial charge in [-0.1, -0.05) is 18.2 Å². The number of nitrogens with zero attached hydrogens (tertiary/aromatic N) is 1. The summed E-state index contributed by atoms with van der Waals surface area (Å²) in [4.78, 5) is 13.3. The van der Waals surface area contributed by atoms with Gasteiger partial charge >= 0.3 is 6.09 Å². The molecule has 0 aliphatic carbocycles. The molecule has 1 saturated heterocycles. The van der Waals surface area contributed by atoms with Gasteiger partial charge in [0.25, 0.3) is 0 Å². The number of amides is 1. The summed E-state index contributed by atoms with van der Waals surface area (Å²) in [7, 11) is -3.64. The van der Waals surface area contributed by atoms with Crippen LogP contribution in [0.25, 0.3) is 11.1 Å². The zero-order valence-corrected chi connectivity index (χ0v) is 16.2. The van der Waals surface area contributed by atoms with Crippen LogP contribution >= 0.6 is 0 Å². The molecule has 2 heterocycles. The molecule has 0 bridgehead atoms. The molecule has 0 aromatic heterocycles. The Hall–Kier alpha value is -2.58. The van der Waals surface area contributed by atoms with E-state index in [9.17, 15) is 13.2 Å². The molecular formula is C20H22N2O5S. The zero-order chi connectivity index (χ0) is 19.6. The number of hydrogen-bond acceptors (Lipinski definition) is 5. The van der Waals surface area contributed by atoms with E-state index in [1.807, 2.05) is 12.1 Å². The Labute approximate surface area is 164 Å². The summed E-state index contributed by atoms with van der Waals surface area (Å²) in [6, 6.07) is 12.8. The second-order valence-electron chi connectivity index (χ2n) is 6.80. The molecule has 2 aromatic rings. The van der Waals surface area contributed by atoms with Gasteiger partial charge in [0.2, 0.25) is 10.0 Å². The lowest BCUT2D eigenvalue weighted by Gasteiger charge is -2.26. The monoisotopic (exact) mass is 402 g/mol. The summed E-state index contributed by atoms with van der Waals surface area (Å²) in [6.45, 7) is 2.14. The lowest BCUT2D eigenvalue weighted by molar-refractivity contribution is 0.0738. The van der Waals surface area contributed by atoms with Crippen LogP contribution < -0.4 is 9.46 Å². The summed E-state index contributed by atoms with van der Waals surface area (Å²) in [5, 5.41) is 0. The highest BCUT2D eigenvalue weighted by Gasteiger charge is 2.20. The fourth-order valence-corrected chi connectivity index (χ4v) is 4.41. The van der Waals surface area contributed by atoms with Crippen LogP contribution in [0, 0.1) is 0 Å². The molecule has 0 saturated carbocycles. The van der Waals surface area contributed by atoms with Crippen molar-refractivity contribution in [2.45, 2.75) is 17.7 Å². The van der Waals surface area contributed by atoms with Crippen molar-refractivity contribution < 1.29 is 22.7 Å². The predicted octanol–water partition coefficient (Wildman–Crippen LogP) is 2.41. The van der Waals surface area contributed by atoms with E-state index in [1.165, 1.54) is 10.5 Å². The third kappa shape index (κ3) is 3.98. The Morgan fingerprint density at radius 2 is 1.79 bits per heavy atom. The van der Waals surface area contributed by atoms with E-state index < -0.39 is 16.1 Å². The number of hydrogen-bond donors (Lipinski definition) is 1. The molecule has 148 valence electrons. The van der Waals surface area contributed by atoms with Crippen LogP contribution in [0.2, 0.25) is 0 Å². The van der Waals surface area contributed by atoms with Gasteiger partial charge in [0.05, 0.1) is 18.1 Å². The molecule has 4 rings (SSSR count). The maximum atomic E-state index is 12.5. The van der Waals surface area contributed by atoms with Crippen molar-refractivity contribution in [2.24, 2.45) is 0 Å². The number of rotatable bonds is 6. The van der Waals surface area contributed by atoms with E-state index in [0.29, 0.717) is 19.8 Å². The van der Waals surface area contributed by atoms with Crippen LogP contribution in [0.5, 0.6) is 5.75 Å². The molecule has 2 aliphatic rings. The topological polar surface area (TPSA) is 84.9 Å². The van der Waals surface area contributed by atoms with E-state index in [4.69, 9.17) is 9.47 Å². The van der Waals surface area contributed by atoms with Gasteiger partial charge < -0.3 is 14.4 Å². The zero-order valence-electron chi connectivity index (χ0n) is 15.4. The molecule has 0 radical (unpaired) electrons. The third-order valence-corrected chi connectivity index (χ3v) is 6.39. The van der Waals surface area contributed by atoms with Gasteiger partial charge in [-0.15, -0.1) is 0 Å². The van der Waals surface area contributed by atoms with E-state index in [0.717, 1.165) is 29.7 Å². The lowest BCUT2D eigenvalue weighted by Crippen LogP contribution is -2.42. The maximum Gasteiger partial charge on any atom is 0.409 e. The van der Waals surface area contributed by atoms with Gasteiger partial charge in [0.15, 0.2) is 0 Å². The Bertz CT molecular complexity index is 973. The fraction of sp³-hybridized carbons (Fsp3) is 0.350. The molecule has 7 nitrogen and oxygen atoms in total. The number of benzene rings is 2. The molecule has 0 unspecified atom stereocenters. The summed E-state index contributed by atoms with van der Waals surface area (Å²) >= 11 is 0. The van der Waals surface area contributed by atoms with E-state index >= 15 is 0 Å². The van der Waals surface area contributed by atoms with Crippen molar-refractivity contribution >= 4 is 16.1 Å². The Morgan fingerprint density at radius 3 is 2.57 bits per heavy atom. The fourth-order valence-electron chi connectivity index (χ4n) is 3.39. The summed E-state index contributed by atoms with van der Waals surface area (Å²) in [6.07, 6.45) is 1.26. The van der Waals surface area contributed by atoms with Crippen LogP contribution in [-0.4, -0.2) is 52.3 Å². The number of carbonyl (C=O) groups excluding carboxylic acids is 1. The molecule has 0 atom stereocenters. The van der Waals surface area contributed by atoms with Crippen molar-refractivity contribution in [2.75, 3.05) is 32.8 Å². The minimum Gasteiger partial charge on any atom is -0.493 e. The second-order valence-corrected chi connectivity index (χ2v) is 8.57. The summed E-state index contributed by atoms with van der Waals surface area (Å²) in [5.41, 5.74) is 3.15. The smallest absolute Gasteiger partial charge is 0.409 e. The maximum absolute atomic E-state index is 12.5. The summed E-state index contributed by atoms with van der Waals surface area (Å²) < 4.78 is 38.0. The molecule has 28 heavy (non-hydrogen) atoms. The molecule has 2 aromatic carbocycles. The molecule has 1 N–H and O–H groups in total. The second kappa shape index (κ2) is 7.81.